The normalized spacial score (nSPS) is 18.3. The highest BCUT2D eigenvalue weighted by Gasteiger charge is 2.24. The molecule has 27 heavy (non-hydrogen) atoms. The zero-order valence-corrected chi connectivity index (χ0v) is 16.7. The van der Waals surface area contributed by atoms with Crippen molar-refractivity contribution >= 4 is 10.9 Å². The van der Waals surface area contributed by atoms with Gasteiger partial charge in [0.05, 0.1) is 7.11 Å². The first-order valence-corrected chi connectivity index (χ1v) is 10.0. The number of rotatable bonds is 6. The number of aromatic nitrogens is 3. The molecule has 2 aromatic heterocycles. The zero-order valence-electron chi connectivity index (χ0n) is 16.7. The summed E-state index contributed by atoms with van der Waals surface area (Å²) in [6.07, 6.45) is 9.11. The van der Waals surface area contributed by atoms with Gasteiger partial charge in [0.2, 0.25) is 0 Å². The van der Waals surface area contributed by atoms with Crippen LogP contribution in [0.1, 0.15) is 42.8 Å². The van der Waals surface area contributed by atoms with Crippen LogP contribution in [0.4, 0.5) is 0 Å². The number of fused-ring (bicyclic) bond motifs is 1. The minimum atomic E-state index is 0.640. The molecule has 1 aromatic carbocycles. The number of benzene rings is 1. The molecule has 5 nitrogen and oxygen atoms in total. The fourth-order valence-electron chi connectivity index (χ4n) is 4.37. The number of methoxy groups -OCH3 is 1. The van der Waals surface area contributed by atoms with E-state index in [4.69, 9.17) is 4.74 Å². The summed E-state index contributed by atoms with van der Waals surface area (Å²) < 4.78 is 7.67. The Morgan fingerprint density at radius 1 is 1.26 bits per heavy atom. The van der Waals surface area contributed by atoms with Gasteiger partial charge in [-0.15, -0.1) is 0 Å². The summed E-state index contributed by atoms with van der Waals surface area (Å²) in [4.78, 5) is 10.7. The van der Waals surface area contributed by atoms with Gasteiger partial charge in [-0.05, 0) is 63.4 Å². The number of aryl methyl sites for hydroxylation is 3. The molecule has 0 bridgehead atoms. The topological polar surface area (TPSA) is 46.1 Å². The molecule has 1 aliphatic rings. The quantitative estimate of drug-likeness (QED) is 0.702. The summed E-state index contributed by atoms with van der Waals surface area (Å²) in [6, 6.07) is 6.93. The van der Waals surface area contributed by atoms with E-state index in [0.29, 0.717) is 6.04 Å². The van der Waals surface area contributed by atoms with E-state index in [1.165, 1.54) is 54.4 Å². The second-order valence-corrected chi connectivity index (χ2v) is 7.72. The first kappa shape index (κ1) is 18.1. The lowest BCUT2D eigenvalue weighted by atomic mass is 9.98. The molecule has 1 N–H and O–H groups in total. The molecule has 0 spiro atoms. The molecular weight excluding hydrogens is 336 g/mol. The Kier molecular flexibility index (Phi) is 5.21. The molecule has 1 atom stereocenters. The average Bonchev–Trinajstić information content (AvgIpc) is 3.24. The van der Waals surface area contributed by atoms with Crippen LogP contribution in [0.25, 0.3) is 10.9 Å². The van der Waals surface area contributed by atoms with Crippen molar-refractivity contribution in [3.63, 3.8) is 0 Å². The van der Waals surface area contributed by atoms with Crippen LogP contribution >= 0.6 is 0 Å². The molecule has 0 unspecified atom stereocenters. The van der Waals surface area contributed by atoms with Gasteiger partial charge < -0.3 is 14.3 Å². The summed E-state index contributed by atoms with van der Waals surface area (Å²) in [5.41, 5.74) is 3.88. The van der Waals surface area contributed by atoms with Crippen molar-refractivity contribution < 1.29 is 4.74 Å². The van der Waals surface area contributed by atoms with Gasteiger partial charge in [0, 0.05) is 48.1 Å². The van der Waals surface area contributed by atoms with Gasteiger partial charge in [0.25, 0.3) is 0 Å². The lowest BCUT2D eigenvalue weighted by molar-refractivity contribution is 0.126. The summed E-state index contributed by atoms with van der Waals surface area (Å²) in [7, 11) is 1.73. The number of nitrogens with zero attached hydrogens (tertiary/aromatic N) is 3. The van der Waals surface area contributed by atoms with Gasteiger partial charge in [-0.2, -0.15) is 0 Å². The van der Waals surface area contributed by atoms with Gasteiger partial charge in [0.1, 0.15) is 11.6 Å². The molecular formula is C22H30N4O. The standard InChI is InChI=1S/C22H30N4O/c1-16-20-14-19(27-3)7-8-21(20)24-22(16)15-26-11-5-4-6-18(26)9-12-25-13-10-23-17(25)2/h7-8,10,13-14,18,24H,4-6,9,11-12,15H2,1-3H3/t18-/m1/s1. The van der Waals surface area contributed by atoms with Crippen LogP contribution in [0.15, 0.2) is 30.6 Å². The van der Waals surface area contributed by atoms with Crippen LogP contribution in [0.5, 0.6) is 5.75 Å². The number of hydrogen-bond donors (Lipinski definition) is 1. The third-order valence-corrected chi connectivity index (χ3v) is 6.11. The summed E-state index contributed by atoms with van der Waals surface area (Å²) >= 11 is 0. The van der Waals surface area contributed by atoms with E-state index in [1.54, 1.807) is 7.11 Å². The predicted molar refractivity (Wildman–Crippen MR) is 109 cm³/mol. The first-order valence-electron chi connectivity index (χ1n) is 10.0. The molecule has 0 amide bonds. The Morgan fingerprint density at radius 2 is 2.15 bits per heavy atom. The summed E-state index contributed by atoms with van der Waals surface area (Å²) in [6.45, 7) is 7.54. The van der Waals surface area contributed by atoms with E-state index in [9.17, 15) is 0 Å². The third kappa shape index (κ3) is 3.74. The minimum Gasteiger partial charge on any atom is -0.497 e. The minimum absolute atomic E-state index is 0.640. The molecule has 1 aliphatic heterocycles. The summed E-state index contributed by atoms with van der Waals surface area (Å²) in [5, 5.41) is 1.27. The Hall–Kier alpha value is -2.27. The average molecular weight is 367 g/mol. The number of likely N-dealkylation sites (tertiary alicyclic amines) is 1. The number of aromatic amines is 1. The van der Waals surface area contributed by atoms with Crippen LogP contribution in [0.2, 0.25) is 0 Å². The maximum Gasteiger partial charge on any atom is 0.119 e. The zero-order chi connectivity index (χ0) is 18.8. The van der Waals surface area contributed by atoms with Crippen molar-refractivity contribution in [2.24, 2.45) is 0 Å². The predicted octanol–water partition coefficient (Wildman–Crippen LogP) is 4.43. The van der Waals surface area contributed by atoms with E-state index >= 15 is 0 Å². The Bertz CT molecular complexity index is 910. The highest BCUT2D eigenvalue weighted by atomic mass is 16.5. The van der Waals surface area contributed by atoms with Gasteiger partial charge >= 0.3 is 0 Å². The van der Waals surface area contributed by atoms with Crippen LogP contribution < -0.4 is 4.74 Å². The van der Waals surface area contributed by atoms with Crippen molar-refractivity contribution in [2.75, 3.05) is 13.7 Å². The van der Waals surface area contributed by atoms with E-state index in [2.05, 4.69) is 51.6 Å². The Morgan fingerprint density at radius 3 is 2.93 bits per heavy atom. The van der Waals surface area contributed by atoms with E-state index in [0.717, 1.165) is 24.7 Å². The number of piperidine rings is 1. The first-order chi connectivity index (χ1) is 13.2. The second kappa shape index (κ2) is 7.77. The molecule has 1 saturated heterocycles. The van der Waals surface area contributed by atoms with Gasteiger partial charge in [-0.25, -0.2) is 4.98 Å². The van der Waals surface area contributed by atoms with E-state index in [1.807, 2.05) is 12.3 Å². The smallest absolute Gasteiger partial charge is 0.119 e. The molecule has 3 aromatic rings. The van der Waals surface area contributed by atoms with Crippen LogP contribution in [-0.4, -0.2) is 39.1 Å². The number of ether oxygens (including phenoxy) is 1. The van der Waals surface area contributed by atoms with E-state index < -0.39 is 0 Å². The summed E-state index contributed by atoms with van der Waals surface area (Å²) in [5.74, 6) is 2.03. The maximum atomic E-state index is 5.40. The number of imidazole rings is 1. The SMILES string of the molecule is COc1ccc2[nH]c(CN3CCCC[C@@H]3CCn3ccnc3C)c(C)c2c1. The Balaban J connectivity index is 1.50. The fraction of sp³-hybridized carbons (Fsp3) is 0.500. The van der Waals surface area contributed by atoms with Crippen molar-refractivity contribution in [3.8, 4) is 5.75 Å². The van der Waals surface area contributed by atoms with Gasteiger partial charge in [-0.3, -0.25) is 4.90 Å². The Labute approximate surface area is 161 Å². The van der Waals surface area contributed by atoms with E-state index in [-0.39, 0.29) is 0 Å². The van der Waals surface area contributed by atoms with Gasteiger partial charge in [0.15, 0.2) is 0 Å². The van der Waals surface area contributed by atoms with Crippen molar-refractivity contribution in [3.05, 3.63) is 47.7 Å². The molecule has 0 saturated carbocycles. The molecule has 1 fully saturated rings. The molecule has 144 valence electrons. The fourth-order valence-corrected chi connectivity index (χ4v) is 4.37. The van der Waals surface area contributed by atoms with Crippen LogP contribution in [0.3, 0.4) is 0 Å². The molecule has 0 radical (unpaired) electrons. The molecule has 3 heterocycles. The highest BCUT2D eigenvalue weighted by molar-refractivity contribution is 5.85. The number of H-pyrrole nitrogens is 1. The monoisotopic (exact) mass is 366 g/mol. The number of nitrogens with one attached hydrogen (secondary N) is 1. The molecule has 4 rings (SSSR count). The van der Waals surface area contributed by atoms with Gasteiger partial charge in [-0.1, -0.05) is 6.42 Å². The van der Waals surface area contributed by atoms with Crippen molar-refractivity contribution in [1.82, 2.24) is 19.4 Å². The van der Waals surface area contributed by atoms with Crippen LogP contribution in [0, 0.1) is 13.8 Å². The lowest BCUT2D eigenvalue weighted by Crippen LogP contribution is -2.39. The lowest BCUT2D eigenvalue weighted by Gasteiger charge is -2.36. The van der Waals surface area contributed by atoms with Crippen molar-refractivity contribution in [2.45, 2.75) is 58.7 Å². The van der Waals surface area contributed by atoms with Crippen LogP contribution in [-0.2, 0) is 13.1 Å². The maximum absolute atomic E-state index is 5.40. The molecule has 5 heteroatoms. The largest absolute Gasteiger partial charge is 0.497 e. The third-order valence-electron chi connectivity index (χ3n) is 6.11. The highest BCUT2D eigenvalue weighted by Crippen LogP contribution is 2.29. The molecule has 0 aliphatic carbocycles. The van der Waals surface area contributed by atoms with Crippen molar-refractivity contribution in [1.29, 1.82) is 0 Å². The second-order valence-electron chi connectivity index (χ2n) is 7.72. The number of hydrogen-bond acceptors (Lipinski definition) is 3.